The van der Waals surface area contributed by atoms with E-state index in [4.69, 9.17) is 16.3 Å². The molecule has 1 nitrogen and oxygen atoms in total. The first-order chi connectivity index (χ1) is 11.3. The van der Waals surface area contributed by atoms with Crippen molar-refractivity contribution in [2.24, 2.45) is 0 Å². The van der Waals surface area contributed by atoms with E-state index in [1.54, 1.807) is 0 Å². The van der Waals surface area contributed by atoms with Gasteiger partial charge in [-0.2, -0.15) is 0 Å². The van der Waals surface area contributed by atoms with Crippen molar-refractivity contribution in [3.8, 4) is 0 Å². The summed E-state index contributed by atoms with van der Waals surface area (Å²) >= 11 is 6.49. The summed E-state index contributed by atoms with van der Waals surface area (Å²) in [5.41, 5.74) is 2.77. The van der Waals surface area contributed by atoms with E-state index in [-0.39, 0.29) is 5.38 Å². The smallest absolute Gasteiger partial charge is 0.0596 e. The highest BCUT2D eigenvalue weighted by Crippen LogP contribution is 2.28. The molecule has 3 atom stereocenters. The second-order valence-corrected chi connectivity index (χ2v) is 7.11. The highest BCUT2D eigenvalue weighted by Gasteiger charge is 2.27. The topological polar surface area (TPSA) is 9.23 Å². The summed E-state index contributed by atoms with van der Waals surface area (Å²) in [6, 6.07) is 21.3. The highest BCUT2D eigenvalue weighted by molar-refractivity contribution is 6.20. The van der Waals surface area contributed by atoms with Crippen LogP contribution in [0.4, 0.5) is 0 Å². The van der Waals surface area contributed by atoms with Crippen LogP contribution in [0.5, 0.6) is 0 Å². The van der Waals surface area contributed by atoms with Crippen LogP contribution in [0.1, 0.15) is 36.8 Å². The zero-order valence-corrected chi connectivity index (χ0v) is 14.3. The Labute approximate surface area is 144 Å². The Morgan fingerprint density at radius 1 is 0.739 bits per heavy atom. The molecule has 0 N–H and O–H groups in total. The third-order valence-electron chi connectivity index (χ3n) is 4.62. The Hall–Kier alpha value is -1.31. The molecule has 1 heterocycles. The van der Waals surface area contributed by atoms with Crippen LogP contribution in [-0.2, 0) is 17.6 Å². The van der Waals surface area contributed by atoms with E-state index >= 15 is 0 Å². The molecule has 23 heavy (non-hydrogen) atoms. The number of ether oxygens (including phenoxy) is 1. The number of benzene rings is 2. The van der Waals surface area contributed by atoms with Crippen LogP contribution in [0.25, 0.3) is 0 Å². The zero-order valence-electron chi connectivity index (χ0n) is 13.5. The third-order valence-corrected chi connectivity index (χ3v) is 4.97. The van der Waals surface area contributed by atoms with E-state index < -0.39 is 0 Å². The Morgan fingerprint density at radius 2 is 1.17 bits per heavy atom. The maximum absolute atomic E-state index is 6.49. The molecule has 0 spiro atoms. The van der Waals surface area contributed by atoms with Crippen molar-refractivity contribution in [1.82, 2.24) is 0 Å². The quantitative estimate of drug-likeness (QED) is 0.644. The Bertz CT molecular complexity index is 517. The van der Waals surface area contributed by atoms with Gasteiger partial charge < -0.3 is 4.74 Å². The van der Waals surface area contributed by atoms with Gasteiger partial charge in [0.15, 0.2) is 0 Å². The first-order valence-electron chi connectivity index (χ1n) is 8.67. The van der Waals surface area contributed by atoms with E-state index in [9.17, 15) is 0 Å². The number of rotatable bonds is 6. The molecular formula is C21H25ClO. The lowest BCUT2D eigenvalue weighted by molar-refractivity contribution is -0.0539. The molecule has 0 saturated carbocycles. The SMILES string of the molecule is ClC1C[C@@H](CCc2ccccc2)O[C@@H](CCc2ccccc2)C1. The van der Waals surface area contributed by atoms with Crippen LogP contribution in [0, 0.1) is 0 Å². The van der Waals surface area contributed by atoms with Gasteiger partial charge in [0.05, 0.1) is 12.2 Å². The maximum atomic E-state index is 6.49. The molecule has 1 unspecified atom stereocenters. The Balaban J connectivity index is 1.48. The fourth-order valence-corrected chi connectivity index (χ4v) is 3.76. The fourth-order valence-electron chi connectivity index (χ4n) is 3.37. The fraction of sp³-hybridized carbons (Fsp3) is 0.429. The molecular weight excluding hydrogens is 304 g/mol. The maximum Gasteiger partial charge on any atom is 0.0596 e. The van der Waals surface area contributed by atoms with Crippen LogP contribution in [0.3, 0.4) is 0 Å². The minimum absolute atomic E-state index is 0.255. The van der Waals surface area contributed by atoms with E-state index in [0.29, 0.717) is 12.2 Å². The first kappa shape index (κ1) is 16.5. The highest BCUT2D eigenvalue weighted by atomic mass is 35.5. The van der Waals surface area contributed by atoms with Gasteiger partial charge in [0.1, 0.15) is 0 Å². The molecule has 122 valence electrons. The molecule has 2 aromatic carbocycles. The van der Waals surface area contributed by atoms with Crippen molar-refractivity contribution in [2.45, 2.75) is 56.1 Å². The van der Waals surface area contributed by atoms with E-state index in [0.717, 1.165) is 38.5 Å². The zero-order chi connectivity index (χ0) is 15.9. The van der Waals surface area contributed by atoms with Crippen molar-refractivity contribution < 1.29 is 4.74 Å². The van der Waals surface area contributed by atoms with Crippen LogP contribution < -0.4 is 0 Å². The molecule has 1 aliphatic heterocycles. The Kier molecular flexibility index (Phi) is 6.13. The van der Waals surface area contributed by atoms with Crippen molar-refractivity contribution in [3.05, 3.63) is 71.8 Å². The molecule has 0 bridgehead atoms. The van der Waals surface area contributed by atoms with Gasteiger partial charge in [-0.25, -0.2) is 0 Å². The van der Waals surface area contributed by atoms with Crippen LogP contribution >= 0.6 is 11.6 Å². The molecule has 2 aromatic rings. The predicted octanol–water partition coefficient (Wildman–Crippen LogP) is 5.41. The lowest BCUT2D eigenvalue weighted by Crippen LogP contribution is -2.34. The summed E-state index contributed by atoms with van der Waals surface area (Å²) in [6.45, 7) is 0. The first-order valence-corrected chi connectivity index (χ1v) is 9.10. The van der Waals surface area contributed by atoms with Crippen LogP contribution in [0.15, 0.2) is 60.7 Å². The summed E-state index contributed by atoms with van der Waals surface area (Å²) < 4.78 is 6.32. The normalized spacial score (nSPS) is 24.5. The average Bonchev–Trinajstić information content (AvgIpc) is 2.60. The second-order valence-electron chi connectivity index (χ2n) is 6.50. The largest absolute Gasteiger partial charge is 0.375 e. The Morgan fingerprint density at radius 3 is 1.61 bits per heavy atom. The summed E-state index contributed by atoms with van der Waals surface area (Å²) in [7, 11) is 0. The van der Waals surface area contributed by atoms with E-state index in [2.05, 4.69) is 60.7 Å². The number of aryl methyl sites for hydroxylation is 2. The summed E-state index contributed by atoms with van der Waals surface area (Å²) in [4.78, 5) is 0. The summed E-state index contributed by atoms with van der Waals surface area (Å²) in [5.74, 6) is 0. The van der Waals surface area contributed by atoms with Gasteiger partial charge in [-0.05, 0) is 49.7 Å². The van der Waals surface area contributed by atoms with Gasteiger partial charge in [0, 0.05) is 5.38 Å². The average molecular weight is 329 g/mol. The van der Waals surface area contributed by atoms with Gasteiger partial charge in [0.2, 0.25) is 0 Å². The van der Waals surface area contributed by atoms with Gasteiger partial charge in [0.25, 0.3) is 0 Å². The molecule has 1 fully saturated rings. The summed E-state index contributed by atoms with van der Waals surface area (Å²) in [6.07, 6.45) is 6.83. The second kappa shape index (κ2) is 8.52. The molecule has 3 rings (SSSR count). The molecule has 1 aliphatic rings. The monoisotopic (exact) mass is 328 g/mol. The van der Waals surface area contributed by atoms with Crippen LogP contribution in [-0.4, -0.2) is 17.6 Å². The van der Waals surface area contributed by atoms with E-state index in [1.165, 1.54) is 11.1 Å². The lowest BCUT2D eigenvalue weighted by Gasteiger charge is -2.33. The molecule has 2 heteroatoms. The number of hydrogen-bond donors (Lipinski definition) is 0. The molecule has 0 aliphatic carbocycles. The van der Waals surface area contributed by atoms with Gasteiger partial charge in [-0.1, -0.05) is 60.7 Å². The van der Waals surface area contributed by atoms with Gasteiger partial charge in [-0.15, -0.1) is 11.6 Å². The van der Waals surface area contributed by atoms with Crippen molar-refractivity contribution in [1.29, 1.82) is 0 Å². The van der Waals surface area contributed by atoms with Crippen LogP contribution in [0.2, 0.25) is 0 Å². The number of halogens is 1. The molecule has 0 aromatic heterocycles. The molecule has 0 radical (unpaired) electrons. The predicted molar refractivity (Wildman–Crippen MR) is 97.1 cm³/mol. The standard InChI is InChI=1S/C21H25ClO/c22-19-15-20(13-11-17-7-3-1-4-8-17)23-21(16-19)14-12-18-9-5-2-6-10-18/h1-10,19-21H,11-16H2/t19?,20-,21+. The third kappa shape index (κ3) is 5.37. The summed E-state index contributed by atoms with van der Waals surface area (Å²) in [5, 5.41) is 0.255. The van der Waals surface area contributed by atoms with Gasteiger partial charge >= 0.3 is 0 Å². The van der Waals surface area contributed by atoms with Crippen molar-refractivity contribution in [2.75, 3.05) is 0 Å². The number of alkyl halides is 1. The van der Waals surface area contributed by atoms with E-state index in [1.807, 2.05) is 0 Å². The van der Waals surface area contributed by atoms with Crippen molar-refractivity contribution >= 4 is 11.6 Å². The molecule has 1 saturated heterocycles. The van der Waals surface area contributed by atoms with Crippen molar-refractivity contribution in [3.63, 3.8) is 0 Å². The minimum atomic E-state index is 0.255. The number of hydrogen-bond acceptors (Lipinski definition) is 1. The van der Waals surface area contributed by atoms with Gasteiger partial charge in [-0.3, -0.25) is 0 Å². The minimum Gasteiger partial charge on any atom is -0.375 e. The molecule has 0 amide bonds. The lowest BCUT2D eigenvalue weighted by atomic mass is 9.95.